The Labute approximate surface area is 264 Å². The van der Waals surface area contributed by atoms with E-state index in [-0.39, 0.29) is 23.9 Å². The molecule has 44 heavy (non-hydrogen) atoms. The van der Waals surface area contributed by atoms with E-state index >= 15 is 0 Å². The minimum atomic E-state index is -0.350. The summed E-state index contributed by atoms with van der Waals surface area (Å²) in [7, 11) is 1.54. The number of ether oxygens (including phenoxy) is 3. The summed E-state index contributed by atoms with van der Waals surface area (Å²) in [5.41, 5.74) is 4.13. The van der Waals surface area contributed by atoms with Gasteiger partial charge in [-0.15, -0.1) is 0 Å². The Bertz CT molecular complexity index is 1920. The smallest absolute Gasteiger partial charge is 0.282 e. The van der Waals surface area contributed by atoms with Crippen molar-refractivity contribution in [2.75, 3.05) is 13.7 Å². The highest BCUT2D eigenvalue weighted by Crippen LogP contribution is 2.36. The summed E-state index contributed by atoms with van der Waals surface area (Å²) in [4.78, 5) is 18.9. The summed E-state index contributed by atoms with van der Waals surface area (Å²) in [6.45, 7) is 8.76. The van der Waals surface area contributed by atoms with Crippen molar-refractivity contribution in [1.82, 2.24) is 9.66 Å². The zero-order valence-electron chi connectivity index (χ0n) is 25.2. The van der Waals surface area contributed by atoms with Gasteiger partial charge in [0.05, 0.1) is 30.8 Å². The molecule has 0 atom stereocenters. The number of nitrogens with zero attached hydrogens (tertiary/aromatic N) is 3. The van der Waals surface area contributed by atoms with Gasteiger partial charge in [0.2, 0.25) is 0 Å². The third-order valence-corrected chi connectivity index (χ3v) is 7.58. The average molecular weight is 659 g/mol. The molecule has 0 aliphatic carbocycles. The van der Waals surface area contributed by atoms with E-state index < -0.39 is 0 Å². The summed E-state index contributed by atoms with van der Waals surface area (Å²) >= 11 is 3.53. The van der Waals surface area contributed by atoms with E-state index in [2.05, 4.69) is 29.8 Å². The number of halogens is 2. The number of para-hydroxylation sites is 1. The van der Waals surface area contributed by atoms with Crippen LogP contribution in [0, 0.1) is 12.7 Å². The molecule has 1 aromatic heterocycles. The molecule has 0 aliphatic rings. The molecule has 0 spiro atoms. The number of rotatable bonds is 10. The van der Waals surface area contributed by atoms with Gasteiger partial charge < -0.3 is 14.2 Å². The molecular weight excluding hydrogens is 625 g/mol. The van der Waals surface area contributed by atoms with Gasteiger partial charge in [-0.2, -0.15) is 9.78 Å². The van der Waals surface area contributed by atoms with Gasteiger partial charge in [-0.25, -0.2) is 9.37 Å². The van der Waals surface area contributed by atoms with Crippen LogP contribution in [0.3, 0.4) is 0 Å². The molecule has 4 aromatic carbocycles. The van der Waals surface area contributed by atoms with Crippen molar-refractivity contribution in [1.29, 1.82) is 0 Å². The average Bonchev–Trinajstić information content (AvgIpc) is 3.00. The lowest BCUT2D eigenvalue weighted by Crippen LogP contribution is -2.21. The number of aryl methyl sites for hydroxylation is 1. The predicted molar refractivity (Wildman–Crippen MR) is 176 cm³/mol. The Morgan fingerprint density at radius 2 is 1.82 bits per heavy atom. The number of aromatic nitrogens is 2. The predicted octanol–water partition coefficient (Wildman–Crippen LogP) is 8.27. The van der Waals surface area contributed by atoms with Gasteiger partial charge in [-0.1, -0.05) is 54.0 Å². The number of fused-ring (bicyclic) bond motifs is 1. The Hall–Kier alpha value is -4.50. The second-order valence-corrected chi connectivity index (χ2v) is 11.5. The standard InChI is InChI=1S/C35H33BrFN3O4/c1-6-43-31-14-22(4)29(18-28(31)21(2)3)34-39-30-13-8-7-12-27(30)35(41)40(34)38-19-24-16-25(36)17-32(42-5)33(24)44-20-23-10-9-11-26(37)15-23/h7-19,21H,6,20H2,1-5H3. The first-order valence-corrected chi connectivity index (χ1v) is 15.1. The first-order valence-electron chi connectivity index (χ1n) is 14.3. The molecule has 7 nitrogen and oxygen atoms in total. The lowest BCUT2D eigenvalue weighted by atomic mass is 9.96. The van der Waals surface area contributed by atoms with Crippen molar-refractivity contribution >= 4 is 33.0 Å². The second-order valence-electron chi connectivity index (χ2n) is 10.6. The Kier molecular flexibility index (Phi) is 9.44. The van der Waals surface area contributed by atoms with Crippen molar-refractivity contribution in [2.45, 2.75) is 40.2 Å². The van der Waals surface area contributed by atoms with Crippen LogP contribution in [0.4, 0.5) is 4.39 Å². The fraction of sp³-hybridized carbons (Fsp3) is 0.229. The maximum atomic E-state index is 13.9. The molecule has 0 radical (unpaired) electrons. The number of hydrogen-bond acceptors (Lipinski definition) is 6. The van der Waals surface area contributed by atoms with Crippen molar-refractivity contribution < 1.29 is 18.6 Å². The van der Waals surface area contributed by atoms with E-state index in [0.29, 0.717) is 46.0 Å². The molecule has 5 rings (SSSR count). The highest BCUT2D eigenvalue weighted by molar-refractivity contribution is 9.10. The zero-order chi connectivity index (χ0) is 31.4. The van der Waals surface area contributed by atoms with E-state index in [1.54, 1.807) is 36.5 Å². The number of methoxy groups -OCH3 is 1. The van der Waals surface area contributed by atoms with Gasteiger partial charge in [0.1, 0.15) is 18.2 Å². The highest BCUT2D eigenvalue weighted by Gasteiger charge is 2.19. The molecule has 9 heteroatoms. The molecule has 0 saturated heterocycles. The van der Waals surface area contributed by atoms with Crippen LogP contribution < -0.4 is 19.8 Å². The molecule has 5 aromatic rings. The first-order chi connectivity index (χ1) is 21.2. The molecule has 226 valence electrons. The summed E-state index contributed by atoms with van der Waals surface area (Å²) in [6, 6.07) is 21.0. The first kappa shape index (κ1) is 30.9. The lowest BCUT2D eigenvalue weighted by molar-refractivity contribution is 0.283. The Morgan fingerprint density at radius 3 is 2.55 bits per heavy atom. The molecule has 0 aliphatic heterocycles. The quantitative estimate of drug-likeness (QED) is 0.141. The van der Waals surface area contributed by atoms with Crippen LogP contribution in [0.1, 0.15) is 48.9 Å². The molecular formula is C35H33BrFN3O4. The molecule has 0 N–H and O–H groups in total. The van der Waals surface area contributed by atoms with Gasteiger partial charge in [0, 0.05) is 15.6 Å². The maximum Gasteiger partial charge on any atom is 0.282 e. The van der Waals surface area contributed by atoms with E-state index in [4.69, 9.17) is 24.3 Å². The molecule has 0 fully saturated rings. The summed E-state index contributed by atoms with van der Waals surface area (Å²) in [5.74, 6) is 1.88. The summed E-state index contributed by atoms with van der Waals surface area (Å²) in [6.07, 6.45) is 1.54. The van der Waals surface area contributed by atoms with Crippen LogP contribution in [0.25, 0.3) is 22.3 Å². The second kappa shape index (κ2) is 13.4. The lowest BCUT2D eigenvalue weighted by Gasteiger charge is -2.18. The molecule has 0 bridgehead atoms. The number of benzene rings is 4. The maximum absolute atomic E-state index is 13.9. The molecule has 0 saturated carbocycles. The summed E-state index contributed by atoms with van der Waals surface area (Å²) < 4.78 is 33.5. The van der Waals surface area contributed by atoms with E-state index in [9.17, 15) is 9.18 Å². The molecule has 0 amide bonds. The van der Waals surface area contributed by atoms with Crippen LogP contribution in [-0.2, 0) is 6.61 Å². The van der Waals surface area contributed by atoms with Gasteiger partial charge >= 0.3 is 0 Å². The fourth-order valence-electron chi connectivity index (χ4n) is 4.97. The van der Waals surface area contributed by atoms with Crippen LogP contribution in [0.15, 0.2) is 87.2 Å². The van der Waals surface area contributed by atoms with Crippen molar-refractivity contribution in [2.24, 2.45) is 5.10 Å². The fourth-order valence-corrected chi connectivity index (χ4v) is 5.42. The monoisotopic (exact) mass is 657 g/mol. The van der Waals surface area contributed by atoms with Crippen molar-refractivity contribution in [3.05, 3.63) is 116 Å². The third-order valence-electron chi connectivity index (χ3n) is 7.13. The van der Waals surface area contributed by atoms with Crippen LogP contribution in [0.2, 0.25) is 0 Å². The largest absolute Gasteiger partial charge is 0.494 e. The van der Waals surface area contributed by atoms with Gasteiger partial charge in [0.25, 0.3) is 5.56 Å². The van der Waals surface area contributed by atoms with Crippen LogP contribution in [-0.4, -0.2) is 29.6 Å². The zero-order valence-corrected chi connectivity index (χ0v) is 26.8. The summed E-state index contributed by atoms with van der Waals surface area (Å²) in [5, 5.41) is 5.13. The molecule has 0 unspecified atom stereocenters. The Morgan fingerprint density at radius 1 is 1.02 bits per heavy atom. The van der Waals surface area contributed by atoms with Gasteiger partial charge in [-0.05, 0) is 85.0 Å². The number of hydrogen-bond donors (Lipinski definition) is 0. The van der Waals surface area contributed by atoms with E-state index in [1.807, 2.05) is 44.2 Å². The minimum absolute atomic E-state index is 0.0999. The SMILES string of the molecule is CCOc1cc(C)c(-c2nc3ccccc3c(=O)n2N=Cc2cc(Br)cc(OC)c2OCc2cccc(F)c2)cc1C(C)C. The van der Waals surface area contributed by atoms with Crippen molar-refractivity contribution in [3.8, 4) is 28.6 Å². The third kappa shape index (κ3) is 6.53. The van der Waals surface area contributed by atoms with Gasteiger partial charge in [0.15, 0.2) is 17.3 Å². The normalized spacial score (nSPS) is 11.5. The highest BCUT2D eigenvalue weighted by atomic mass is 79.9. The minimum Gasteiger partial charge on any atom is -0.494 e. The van der Waals surface area contributed by atoms with Crippen molar-refractivity contribution in [3.63, 3.8) is 0 Å². The van der Waals surface area contributed by atoms with Crippen LogP contribution in [0.5, 0.6) is 17.2 Å². The van der Waals surface area contributed by atoms with E-state index in [1.165, 1.54) is 23.9 Å². The van der Waals surface area contributed by atoms with E-state index in [0.717, 1.165) is 26.9 Å². The Balaban J connectivity index is 1.67. The van der Waals surface area contributed by atoms with Gasteiger partial charge in [-0.3, -0.25) is 4.79 Å². The topological polar surface area (TPSA) is 74.9 Å². The van der Waals surface area contributed by atoms with Crippen LogP contribution >= 0.6 is 15.9 Å². The molecule has 1 heterocycles.